The van der Waals surface area contributed by atoms with Crippen LogP contribution in [0.3, 0.4) is 0 Å². The van der Waals surface area contributed by atoms with Gasteiger partial charge in [-0.15, -0.1) is 0 Å². The highest BCUT2D eigenvalue weighted by Crippen LogP contribution is 2.44. The lowest BCUT2D eigenvalue weighted by atomic mass is 10.1. The SMILES string of the molecule is CC1(C)OC[C@H](CCc2cccc(N)n2)O1.Cc1cc(-c2nc3c(cc2Cl)N2CC[C@@H](C2)N3)ccn1.Cc1cc(-c2nc3c(cc2Cl)N2CC[C@@H](C2)N3C(=O)Nc2cccc(OC[C@H]3COC(C)(C)O3)n2)ccn1.S.S. The van der Waals surface area contributed by atoms with E-state index < -0.39 is 11.6 Å². The van der Waals surface area contributed by atoms with Crippen LogP contribution in [0.2, 0.25) is 10.0 Å². The van der Waals surface area contributed by atoms with E-state index in [1.54, 1.807) is 41.6 Å². The van der Waals surface area contributed by atoms with Gasteiger partial charge in [0.2, 0.25) is 5.88 Å². The van der Waals surface area contributed by atoms with Gasteiger partial charge in [0.05, 0.1) is 58.2 Å². The Morgan fingerprint density at radius 2 is 1.41 bits per heavy atom. The highest BCUT2D eigenvalue weighted by atomic mass is 35.5. The maximum Gasteiger partial charge on any atom is 0.329 e. The second-order valence-corrected chi connectivity index (χ2v) is 21.0. The van der Waals surface area contributed by atoms with E-state index >= 15 is 0 Å². The van der Waals surface area contributed by atoms with Gasteiger partial charge in [-0.2, -0.15) is 32.0 Å². The number of nitrogens with two attached hydrogens (primary N) is 1. The number of hydrogen-bond acceptors (Lipinski definition) is 16. The summed E-state index contributed by atoms with van der Waals surface area (Å²) < 4.78 is 28.4. The lowest BCUT2D eigenvalue weighted by molar-refractivity contribution is -0.141. The number of carbonyl (C=O) groups excluding carboxylic acids is 1. The first kappa shape index (κ1) is 56.5. The molecule has 6 aromatic heterocycles. The number of carbonyl (C=O) groups is 1. The minimum Gasteiger partial charge on any atom is -0.475 e. The second-order valence-electron chi connectivity index (χ2n) is 20.2. The number of pyridine rings is 6. The van der Waals surface area contributed by atoms with Crippen molar-refractivity contribution in [3.8, 4) is 28.4 Å². The molecule has 4 fully saturated rings. The Hall–Kier alpha value is -5.71. The summed E-state index contributed by atoms with van der Waals surface area (Å²) in [6.07, 6.45) is 7.29. The number of hydrogen-bond donors (Lipinski definition) is 3. The van der Waals surface area contributed by atoms with Gasteiger partial charge in [-0.25, -0.2) is 19.7 Å². The summed E-state index contributed by atoms with van der Waals surface area (Å²) >= 11 is 13.1. The number of fused-ring (bicyclic) bond motifs is 8. The van der Waals surface area contributed by atoms with Crippen LogP contribution in [0.5, 0.6) is 5.88 Å². The molecule has 0 aromatic carbocycles. The topological polar surface area (TPSA) is 200 Å². The van der Waals surface area contributed by atoms with Gasteiger partial charge in [-0.1, -0.05) is 35.3 Å². The minimum atomic E-state index is -0.619. The van der Waals surface area contributed by atoms with Gasteiger partial charge in [-0.3, -0.25) is 20.2 Å². The van der Waals surface area contributed by atoms with Crippen LogP contribution in [0.1, 0.15) is 64.0 Å². The average molecular weight is 1110 g/mol. The quantitative estimate of drug-likeness (QED) is 0.123. The van der Waals surface area contributed by atoms with Gasteiger partial charge in [0.1, 0.15) is 24.3 Å². The van der Waals surface area contributed by atoms with Crippen molar-refractivity contribution in [2.45, 2.75) is 103 Å². The van der Waals surface area contributed by atoms with Crippen molar-refractivity contribution in [3.05, 3.63) is 112 Å². The number of amides is 2. The van der Waals surface area contributed by atoms with Crippen molar-refractivity contribution >= 4 is 90.9 Å². The Morgan fingerprint density at radius 3 is 2.07 bits per heavy atom. The third-order valence-electron chi connectivity index (χ3n) is 13.5. The van der Waals surface area contributed by atoms with Gasteiger partial charge < -0.3 is 44.5 Å². The predicted octanol–water partition coefficient (Wildman–Crippen LogP) is 9.74. The Labute approximate surface area is 467 Å². The standard InChI is InChI=1S/C27H29ClN6O4.C15H15ClN4.C12H18N2O2.2H2S/c1-16-11-17(7-9-29-16)24-20(28)12-21-25(32-24)34(18-8-10-33(21)13-18)26(35)31-22-5-4-6-23(30-22)36-14-19-15-37-27(2,3)38-19;1-9-6-10(2-4-17-9)14-12(16)7-13-15(19-14)18-11-3-5-20(13)8-11;1-12(2)15-8-10(16-12)7-6-9-4-3-5-11(13)14-9;;/h4-7,9,11-12,18-19H,8,10,13-15H2,1-3H3,(H,30,31,35);2,4,6-7,11H,3,5,8H2,1H3,(H,18,19);3-5,10H,6-8H2,1-2H3,(H2,13,14);2*1H2/t18-,19-;11-;10-;;/m000../s1. The number of aryl methyl sites for hydroxylation is 3. The number of urea groups is 1. The molecule has 0 aliphatic carbocycles. The Balaban J connectivity index is 0.000000168. The summed E-state index contributed by atoms with van der Waals surface area (Å²) in [6, 6.07) is 22.9. The first-order valence-corrected chi connectivity index (χ1v) is 25.9. The lowest BCUT2D eigenvalue weighted by Gasteiger charge is -2.36. The van der Waals surface area contributed by atoms with Crippen molar-refractivity contribution in [1.82, 2.24) is 29.9 Å². The van der Waals surface area contributed by atoms with Crippen molar-refractivity contribution in [2.24, 2.45) is 0 Å². The number of halogens is 2. The zero-order chi connectivity index (χ0) is 51.7. The lowest BCUT2D eigenvalue weighted by Crippen LogP contribution is -2.48. The van der Waals surface area contributed by atoms with E-state index in [-0.39, 0.29) is 51.3 Å². The first-order valence-electron chi connectivity index (χ1n) is 25.1. The molecule has 6 aromatic rings. The van der Waals surface area contributed by atoms with Crippen molar-refractivity contribution in [3.63, 3.8) is 0 Å². The van der Waals surface area contributed by atoms with Gasteiger partial charge >= 0.3 is 6.03 Å². The fourth-order valence-electron chi connectivity index (χ4n) is 10.0. The fraction of sp³-hybridized carbons (Fsp3) is 0.426. The van der Waals surface area contributed by atoms with Crippen LogP contribution in [0, 0.1) is 13.8 Å². The summed E-state index contributed by atoms with van der Waals surface area (Å²) in [7, 11) is 0. The van der Waals surface area contributed by atoms with E-state index in [0.29, 0.717) is 64.9 Å². The zero-order valence-corrected chi connectivity index (χ0v) is 47.0. The van der Waals surface area contributed by atoms with Gasteiger partial charge in [0.15, 0.2) is 23.2 Å². The first-order chi connectivity index (χ1) is 35.5. The fourth-order valence-corrected chi connectivity index (χ4v) is 10.5. The molecule has 404 valence electrons. The molecule has 2 amide bonds. The summed E-state index contributed by atoms with van der Waals surface area (Å²) in [6.45, 7) is 16.6. The second kappa shape index (κ2) is 23.9. The number of ether oxygens (including phenoxy) is 5. The molecule has 6 aliphatic rings. The number of anilines is 6. The largest absolute Gasteiger partial charge is 0.475 e. The smallest absolute Gasteiger partial charge is 0.329 e. The number of nitrogens with one attached hydrogen (secondary N) is 2. The molecule has 4 atom stereocenters. The third-order valence-corrected chi connectivity index (χ3v) is 14.1. The molecular weight excluding hydrogens is 1050 g/mol. The van der Waals surface area contributed by atoms with Crippen molar-refractivity contribution < 1.29 is 28.5 Å². The normalized spacial score (nSPS) is 20.8. The monoisotopic (exact) mass is 1110 g/mol. The van der Waals surface area contributed by atoms with Crippen LogP contribution in [0.15, 0.2) is 85.2 Å². The number of nitrogens with zero attached hydrogens (tertiary/aromatic N) is 9. The van der Waals surface area contributed by atoms with Crippen LogP contribution in [0.4, 0.5) is 39.4 Å². The predicted molar refractivity (Wildman–Crippen MR) is 308 cm³/mol. The maximum absolute atomic E-state index is 13.7. The molecule has 0 saturated carbocycles. The molecule has 18 nitrogen and oxygen atoms in total. The van der Waals surface area contributed by atoms with Crippen molar-refractivity contribution in [1.29, 1.82) is 0 Å². The number of aromatic nitrogens is 6. The Bertz CT molecular complexity index is 3030. The molecule has 0 radical (unpaired) electrons. The third kappa shape index (κ3) is 13.3. The Morgan fingerprint density at radius 1 is 0.776 bits per heavy atom. The molecule has 4 N–H and O–H groups in total. The van der Waals surface area contributed by atoms with Crippen molar-refractivity contribution in [2.75, 3.05) is 77.1 Å². The van der Waals surface area contributed by atoms with Crippen LogP contribution >= 0.6 is 50.2 Å². The molecule has 6 aliphatic heterocycles. The average Bonchev–Trinajstić information content (AvgIpc) is 4.16. The maximum atomic E-state index is 13.7. The van der Waals surface area contributed by atoms with E-state index in [9.17, 15) is 4.79 Å². The van der Waals surface area contributed by atoms with E-state index in [4.69, 9.17) is 62.6 Å². The molecule has 0 spiro atoms. The molecule has 76 heavy (non-hydrogen) atoms. The highest BCUT2D eigenvalue weighted by molar-refractivity contribution is 7.59. The molecular formula is C54H66Cl2N12O6S2. The van der Waals surface area contributed by atoms with E-state index in [2.05, 4.69) is 40.4 Å². The summed E-state index contributed by atoms with van der Waals surface area (Å²) in [5, 5.41) is 7.68. The zero-order valence-electron chi connectivity index (χ0n) is 43.5. The van der Waals surface area contributed by atoms with Gasteiger partial charge in [0.25, 0.3) is 0 Å². The Kier molecular flexibility index (Phi) is 17.8. The highest BCUT2D eigenvalue weighted by Gasteiger charge is 2.41. The van der Waals surface area contributed by atoms with E-state index in [0.717, 1.165) is 103 Å². The van der Waals surface area contributed by atoms with Crippen LogP contribution in [0.25, 0.3) is 22.5 Å². The molecule has 12 rings (SSSR count). The molecule has 4 bridgehead atoms. The molecule has 22 heteroatoms. The summed E-state index contributed by atoms with van der Waals surface area (Å²) in [5.74, 6) is 1.83. The minimum absolute atomic E-state index is 0. The van der Waals surface area contributed by atoms with E-state index in [1.165, 1.54) is 0 Å². The molecule has 4 saturated heterocycles. The van der Waals surface area contributed by atoms with Gasteiger partial charge in [0, 0.05) is 78.9 Å². The van der Waals surface area contributed by atoms with Crippen LogP contribution < -0.4 is 35.8 Å². The molecule has 12 heterocycles. The van der Waals surface area contributed by atoms with Gasteiger partial charge in [-0.05, 0) is 122 Å². The molecule has 0 unspecified atom stereocenters. The number of nitrogen functional groups attached to an aromatic ring is 1. The van der Waals surface area contributed by atoms with E-state index in [1.807, 2.05) is 90.1 Å². The number of rotatable bonds is 9. The summed E-state index contributed by atoms with van der Waals surface area (Å²) in [4.78, 5) is 46.8. The van der Waals surface area contributed by atoms with Crippen LogP contribution in [-0.2, 0) is 25.4 Å². The van der Waals surface area contributed by atoms with Crippen LogP contribution in [-0.4, -0.2) is 118 Å². The summed E-state index contributed by atoms with van der Waals surface area (Å²) in [5.41, 5.74) is 13.7.